The summed E-state index contributed by atoms with van der Waals surface area (Å²) >= 11 is 0. The summed E-state index contributed by atoms with van der Waals surface area (Å²) in [7, 11) is 1.66. The normalized spacial score (nSPS) is 17.6. The second-order valence-electron chi connectivity index (χ2n) is 4.15. The van der Waals surface area contributed by atoms with Crippen LogP contribution in [0.1, 0.15) is 35.1 Å². The molecule has 0 atom stereocenters. The highest BCUT2D eigenvalue weighted by atomic mass is 19.3. The Kier molecular flexibility index (Phi) is 2.89. The van der Waals surface area contributed by atoms with Crippen molar-refractivity contribution in [3.8, 4) is 0 Å². The minimum absolute atomic E-state index is 0.0312. The number of esters is 1. The topological polar surface area (TPSA) is 44.1 Å². The number of alkyl halides is 2. The molecule has 0 radical (unpaired) electrons. The van der Waals surface area contributed by atoms with Gasteiger partial charge in [-0.15, -0.1) is 0 Å². The predicted molar refractivity (Wildman–Crippen MR) is 56.1 cm³/mol. The number of nitrogens with zero attached hydrogens (tertiary/aromatic N) is 2. The Morgan fingerprint density at radius 3 is 2.94 bits per heavy atom. The van der Waals surface area contributed by atoms with Crippen molar-refractivity contribution in [3.05, 3.63) is 17.0 Å². The van der Waals surface area contributed by atoms with Crippen LogP contribution in [0.2, 0.25) is 0 Å². The zero-order chi connectivity index (χ0) is 12.6. The lowest BCUT2D eigenvalue weighted by molar-refractivity contribution is -0.0130. The first-order chi connectivity index (χ1) is 7.94. The maximum absolute atomic E-state index is 13.3. The number of rotatable bonds is 2. The van der Waals surface area contributed by atoms with E-state index >= 15 is 0 Å². The Morgan fingerprint density at radius 2 is 2.29 bits per heavy atom. The Hall–Kier alpha value is -1.46. The summed E-state index contributed by atoms with van der Waals surface area (Å²) in [5, 5.41) is 3.99. The molecular formula is C11H14F2N2O2. The highest BCUT2D eigenvalue weighted by molar-refractivity contribution is 5.89. The van der Waals surface area contributed by atoms with E-state index in [2.05, 4.69) is 5.10 Å². The lowest BCUT2D eigenvalue weighted by Gasteiger charge is -2.22. The second-order valence-corrected chi connectivity index (χ2v) is 4.15. The monoisotopic (exact) mass is 244 g/mol. The molecule has 1 aliphatic carbocycles. The minimum atomic E-state index is -2.75. The first kappa shape index (κ1) is 12.0. The first-order valence-electron chi connectivity index (χ1n) is 5.54. The third-order valence-electron chi connectivity index (χ3n) is 2.91. The van der Waals surface area contributed by atoms with E-state index in [4.69, 9.17) is 4.74 Å². The van der Waals surface area contributed by atoms with Crippen molar-refractivity contribution in [2.24, 2.45) is 7.05 Å². The van der Waals surface area contributed by atoms with Crippen molar-refractivity contribution >= 4 is 5.97 Å². The molecule has 0 spiro atoms. The van der Waals surface area contributed by atoms with Crippen molar-refractivity contribution in [3.63, 3.8) is 0 Å². The summed E-state index contributed by atoms with van der Waals surface area (Å²) in [6.07, 6.45) is -0.378. The number of ether oxygens (including phenoxy) is 1. The van der Waals surface area contributed by atoms with Gasteiger partial charge in [0.05, 0.1) is 6.61 Å². The number of fused-ring (bicyclic) bond motifs is 1. The van der Waals surface area contributed by atoms with E-state index in [1.807, 2.05) is 0 Å². The highest BCUT2D eigenvalue weighted by Gasteiger charge is 2.39. The quantitative estimate of drug-likeness (QED) is 0.744. The molecule has 0 amide bonds. The third kappa shape index (κ3) is 2.16. The summed E-state index contributed by atoms with van der Waals surface area (Å²) < 4.78 is 33.0. The van der Waals surface area contributed by atoms with E-state index in [-0.39, 0.29) is 25.1 Å². The number of halogens is 2. The van der Waals surface area contributed by atoms with Crippen LogP contribution >= 0.6 is 0 Å². The molecule has 6 heteroatoms. The predicted octanol–water partition coefficient (Wildman–Crippen LogP) is 1.72. The molecule has 0 aromatic carbocycles. The lowest BCUT2D eigenvalue weighted by atomic mass is 9.92. The fourth-order valence-electron chi connectivity index (χ4n) is 2.11. The molecule has 4 nitrogen and oxygen atoms in total. The van der Waals surface area contributed by atoms with Gasteiger partial charge in [-0.25, -0.2) is 13.6 Å². The van der Waals surface area contributed by atoms with Crippen molar-refractivity contribution < 1.29 is 18.3 Å². The van der Waals surface area contributed by atoms with Gasteiger partial charge in [-0.3, -0.25) is 4.68 Å². The average molecular weight is 244 g/mol. The van der Waals surface area contributed by atoms with Crippen LogP contribution in [-0.2, 0) is 24.6 Å². The van der Waals surface area contributed by atoms with Gasteiger partial charge in [0.1, 0.15) is 0 Å². The molecular weight excluding hydrogens is 230 g/mol. The molecule has 2 rings (SSSR count). The molecule has 1 heterocycles. The van der Waals surface area contributed by atoms with Crippen molar-refractivity contribution in [1.29, 1.82) is 0 Å². The zero-order valence-electron chi connectivity index (χ0n) is 9.80. The molecule has 0 saturated heterocycles. The van der Waals surface area contributed by atoms with E-state index in [0.29, 0.717) is 11.3 Å². The van der Waals surface area contributed by atoms with E-state index in [1.165, 1.54) is 4.68 Å². The number of aryl methyl sites for hydroxylation is 1. The summed E-state index contributed by atoms with van der Waals surface area (Å²) in [4.78, 5) is 11.6. The molecule has 0 saturated carbocycles. The molecule has 0 bridgehead atoms. The molecule has 0 N–H and O–H groups in total. The smallest absolute Gasteiger partial charge is 0.359 e. The maximum Gasteiger partial charge on any atom is 0.359 e. The number of carbonyl (C=O) groups excluding carboxylic acids is 1. The van der Waals surface area contributed by atoms with Gasteiger partial charge in [0.2, 0.25) is 0 Å². The lowest BCUT2D eigenvalue weighted by Crippen LogP contribution is -2.27. The Morgan fingerprint density at radius 1 is 1.59 bits per heavy atom. The van der Waals surface area contributed by atoms with Crippen LogP contribution in [0.4, 0.5) is 8.78 Å². The number of carbonyl (C=O) groups is 1. The van der Waals surface area contributed by atoms with Crippen LogP contribution in [0.15, 0.2) is 0 Å². The first-order valence-corrected chi connectivity index (χ1v) is 5.54. The van der Waals surface area contributed by atoms with Gasteiger partial charge in [0.25, 0.3) is 5.92 Å². The van der Waals surface area contributed by atoms with Crippen LogP contribution in [0.3, 0.4) is 0 Å². The Labute approximate surface area is 97.6 Å². The highest BCUT2D eigenvalue weighted by Crippen LogP contribution is 2.34. The van der Waals surface area contributed by atoms with Crippen molar-refractivity contribution in [1.82, 2.24) is 9.78 Å². The van der Waals surface area contributed by atoms with Crippen molar-refractivity contribution in [2.45, 2.75) is 32.1 Å². The van der Waals surface area contributed by atoms with Crippen molar-refractivity contribution in [2.75, 3.05) is 6.61 Å². The number of hydrogen-bond donors (Lipinski definition) is 0. The SMILES string of the molecule is CCOC(=O)c1nn(C)c2c1CC(F)(F)CC2. The van der Waals surface area contributed by atoms with Gasteiger partial charge in [-0.05, 0) is 13.3 Å². The van der Waals surface area contributed by atoms with Crippen LogP contribution in [0.25, 0.3) is 0 Å². The zero-order valence-corrected chi connectivity index (χ0v) is 9.80. The van der Waals surface area contributed by atoms with Gasteiger partial charge in [-0.2, -0.15) is 5.10 Å². The van der Waals surface area contributed by atoms with Gasteiger partial charge in [-0.1, -0.05) is 0 Å². The molecule has 0 unspecified atom stereocenters. The number of hydrogen-bond acceptors (Lipinski definition) is 3. The fraction of sp³-hybridized carbons (Fsp3) is 0.636. The Bertz CT molecular complexity index is 455. The van der Waals surface area contributed by atoms with E-state index in [9.17, 15) is 13.6 Å². The Balaban J connectivity index is 2.39. The standard InChI is InChI=1S/C11H14F2N2O2/c1-3-17-10(16)9-7-6-11(12,13)5-4-8(7)15(2)14-9/h3-6H2,1-2H3. The molecule has 1 aromatic heterocycles. The molecule has 94 valence electrons. The maximum atomic E-state index is 13.3. The van der Waals surface area contributed by atoms with Gasteiger partial charge in [0.15, 0.2) is 5.69 Å². The largest absolute Gasteiger partial charge is 0.461 e. The van der Waals surface area contributed by atoms with Crippen LogP contribution in [-0.4, -0.2) is 28.3 Å². The van der Waals surface area contributed by atoms with E-state index in [0.717, 1.165) is 0 Å². The van der Waals surface area contributed by atoms with E-state index in [1.54, 1.807) is 14.0 Å². The van der Waals surface area contributed by atoms with Gasteiger partial charge in [0, 0.05) is 31.1 Å². The molecule has 1 aliphatic rings. The summed E-state index contributed by atoms with van der Waals surface area (Å²) in [6, 6.07) is 0. The third-order valence-corrected chi connectivity index (χ3v) is 2.91. The molecule has 0 fully saturated rings. The second kappa shape index (κ2) is 4.09. The van der Waals surface area contributed by atoms with Crippen LogP contribution in [0, 0.1) is 0 Å². The molecule has 1 aromatic rings. The summed E-state index contributed by atoms with van der Waals surface area (Å²) in [6.45, 7) is 1.88. The van der Waals surface area contributed by atoms with Gasteiger partial charge >= 0.3 is 5.97 Å². The average Bonchev–Trinajstić information content (AvgIpc) is 2.54. The van der Waals surface area contributed by atoms with Crippen LogP contribution < -0.4 is 0 Å². The molecule has 0 aliphatic heterocycles. The minimum Gasteiger partial charge on any atom is -0.461 e. The summed E-state index contributed by atoms with van der Waals surface area (Å²) in [5.74, 6) is -3.38. The summed E-state index contributed by atoms with van der Waals surface area (Å²) in [5.41, 5.74) is 1.07. The van der Waals surface area contributed by atoms with Crippen LogP contribution in [0.5, 0.6) is 0 Å². The van der Waals surface area contributed by atoms with Gasteiger partial charge < -0.3 is 4.74 Å². The fourth-order valence-corrected chi connectivity index (χ4v) is 2.11. The van der Waals surface area contributed by atoms with E-state index < -0.39 is 18.3 Å². The molecule has 17 heavy (non-hydrogen) atoms. The number of aromatic nitrogens is 2.